The van der Waals surface area contributed by atoms with E-state index < -0.39 is 0 Å². The second-order valence-corrected chi connectivity index (χ2v) is 5.40. The summed E-state index contributed by atoms with van der Waals surface area (Å²) in [7, 11) is 0. The molecule has 1 fully saturated rings. The van der Waals surface area contributed by atoms with E-state index in [4.69, 9.17) is 4.52 Å². The Bertz CT molecular complexity index is 802. The van der Waals surface area contributed by atoms with Gasteiger partial charge in [-0.15, -0.1) is 0 Å². The smallest absolute Gasteiger partial charge is 0.250 e. The lowest BCUT2D eigenvalue weighted by atomic mass is 9.85. The molecule has 4 heteroatoms. The summed E-state index contributed by atoms with van der Waals surface area (Å²) in [6, 6.07) is 11.9. The van der Waals surface area contributed by atoms with E-state index in [1.54, 1.807) is 0 Å². The summed E-state index contributed by atoms with van der Waals surface area (Å²) in [5.41, 5.74) is 1.67. The molecule has 0 N–H and O–H groups in total. The van der Waals surface area contributed by atoms with E-state index in [2.05, 4.69) is 21.2 Å². The fourth-order valence-electron chi connectivity index (χ4n) is 2.45. The molecule has 1 aromatic carbocycles. The number of rotatable bonds is 3. The maximum Gasteiger partial charge on any atom is 0.250 e. The van der Waals surface area contributed by atoms with E-state index in [9.17, 15) is 0 Å². The Hall–Kier alpha value is -2.49. The highest BCUT2D eigenvalue weighted by molar-refractivity contribution is 5.80. The number of hydrogen-bond donors (Lipinski definition) is 0. The lowest BCUT2D eigenvalue weighted by molar-refractivity contribution is 0.386. The normalized spacial score (nSPS) is 15.6. The molecule has 0 unspecified atom stereocenters. The summed E-state index contributed by atoms with van der Waals surface area (Å²) in [5.74, 6) is 1.76. The van der Waals surface area contributed by atoms with Crippen LogP contribution in [0, 0.1) is 5.92 Å². The van der Waals surface area contributed by atoms with Gasteiger partial charge in [0.1, 0.15) is 5.69 Å². The molecule has 1 aliphatic carbocycles. The second kappa shape index (κ2) is 5.13. The zero-order valence-corrected chi connectivity index (χ0v) is 11.6. The summed E-state index contributed by atoms with van der Waals surface area (Å²) >= 11 is 0. The molecule has 2 aromatic heterocycles. The van der Waals surface area contributed by atoms with Crippen molar-refractivity contribution in [2.45, 2.75) is 19.3 Å². The van der Waals surface area contributed by atoms with Gasteiger partial charge < -0.3 is 4.52 Å². The van der Waals surface area contributed by atoms with Crippen molar-refractivity contribution in [3.8, 4) is 11.5 Å². The van der Waals surface area contributed by atoms with Crippen molar-refractivity contribution >= 4 is 17.0 Å². The van der Waals surface area contributed by atoms with E-state index in [-0.39, 0.29) is 0 Å². The summed E-state index contributed by atoms with van der Waals surface area (Å²) in [4.78, 5) is 8.96. The van der Waals surface area contributed by atoms with Gasteiger partial charge in [0.15, 0.2) is 0 Å². The lowest BCUT2D eigenvalue weighted by Gasteiger charge is -2.20. The number of aromatic nitrogens is 3. The molecule has 1 aliphatic rings. The Balaban J connectivity index is 1.62. The molecule has 1 saturated carbocycles. The Morgan fingerprint density at radius 3 is 2.81 bits per heavy atom. The molecule has 4 rings (SSSR count). The van der Waals surface area contributed by atoms with Crippen molar-refractivity contribution in [1.82, 2.24) is 15.1 Å². The van der Waals surface area contributed by atoms with Crippen molar-refractivity contribution < 1.29 is 4.52 Å². The Morgan fingerprint density at radius 1 is 1.05 bits per heavy atom. The van der Waals surface area contributed by atoms with Crippen LogP contribution in [0.3, 0.4) is 0 Å². The van der Waals surface area contributed by atoms with E-state index >= 15 is 0 Å². The molecule has 104 valence electrons. The first-order valence-corrected chi connectivity index (χ1v) is 7.26. The minimum absolute atomic E-state index is 0.536. The number of hydrogen-bond acceptors (Lipinski definition) is 4. The predicted molar refractivity (Wildman–Crippen MR) is 81.4 cm³/mol. The molecular weight excluding hydrogens is 262 g/mol. The highest BCUT2D eigenvalue weighted by atomic mass is 16.5. The molecule has 3 aromatic rings. The quantitative estimate of drug-likeness (QED) is 0.723. The largest absolute Gasteiger partial charge is 0.334 e. The summed E-state index contributed by atoms with van der Waals surface area (Å²) in [6.07, 6.45) is 7.94. The average molecular weight is 277 g/mol. The SMILES string of the molecule is C(=C\C1CCC1)/c1nc(-c2ccc3ccccc3n2)no1. The standard InChI is InChI=1S/C17H15N3O/c1-2-7-14-13(6-1)9-10-15(18-14)17-19-16(21-20-17)11-8-12-4-3-5-12/h1-2,6-12H,3-5H2/b11-8+. The molecule has 21 heavy (non-hydrogen) atoms. The minimum atomic E-state index is 0.536. The summed E-state index contributed by atoms with van der Waals surface area (Å²) in [6.45, 7) is 0. The van der Waals surface area contributed by atoms with Crippen LogP contribution in [-0.4, -0.2) is 15.1 Å². The number of pyridine rings is 1. The van der Waals surface area contributed by atoms with Crippen LogP contribution in [0.4, 0.5) is 0 Å². The number of fused-ring (bicyclic) bond motifs is 1. The van der Waals surface area contributed by atoms with E-state index in [1.165, 1.54) is 19.3 Å². The van der Waals surface area contributed by atoms with Gasteiger partial charge in [-0.3, -0.25) is 0 Å². The fourth-order valence-corrected chi connectivity index (χ4v) is 2.45. The van der Waals surface area contributed by atoms with Crippen molar-refractivity contribution in [1.29, 1.82) is 0 Å². The monoisotopic (exact) mass is 277 g/mol. The number of nitrogens with zero attached hydrogens (tertiary/aromatic N) is 3. The van der Waals surface area contributed by atoms with Crippen LogP contribution >= 0.6 is 0 Å². The van der Waals surface area contributed by atoms with E-state index in [1.807, 2.05) is 42.5 Å². The van der Waals surface area contributed by atoms with Crippen LogP contribution in [0.5, 0.6) is 0 Å². The lowest BCUT2D eigenvalue weighted by Crippen LogP contribution is -2.06. The van der Waals surface area contributed by atoms with Gasteiger partial charge in [0, 0.05) is 5.39 Å². The number of benzene rings is 1. The van der Waals surface area contributed by atoms with Crippen LogP contribution in [0.1, 0.15) is 25.2 Å². The third-order valence-corrected chi connectivity index (χ3v) is 3.93. The maximum absolute atomic E-state index is 5.26. The van der Waals surface area contributed by atoms with Crippen molar-refractivity contribution in [3.05, 3.63) is 48.4 Å². The predicted octanol–water partition coefficient (Wildman–Crippen LogP) is 4.10. The van der Waals surface area contributed by atoms with Crippen LogP contribution in [0.25, 0.3) is 28.5 Å². The zero-order chi connectivity index (χ0) is 14.1. The van der Waals surface area contributed by atoms with Crippen molar-refractivity contribution in [2.75, 3.05) is 0 Å². The van der Waals surface area contributed by atoms with Crippen LogP contribution in [0.2, 0.25) is 0 Å². The molecule has 0 atom stereocenters. The van der Waals surface area contributed by atoms with Gasteiger partial charge >= 0.3 is 0 Å². The molecule has 2 heterocycles. The van der Waals surface area contributed by atoms with Gasteiger partial charge in [-0.2, -0.15) is 4.98 Å². The molecule has 4 nitrogen and oxygen atoms in total. The minimum Gasteiger partial charge on any atom is -0.334 e. The molecule has 0 aliphatic heterocycles. The molecule has 0 radical (unpaired) electrons. The Morgan fingerprint density at radius 2 is 1.95 bits per heavy atom. The van der Waals surface area contributed by atoms with E-state index in [0.29, 0.717) is 17.6 Å². The van der Waals surface area contributed by atoms with Crippen LogP contribution in [0.15, 0.2) is 47.0 Å². The van der Waals surface area contributed by atoms with Gasteiger partial charge in [-0.25, -0.2) is 4.98 Å². The Labute approximate surface area is 122 Å². The topological polar surface area (TPSA) is 51.8 Å². The fraction of sp³-hybridized carbons (Fsp3) is 0.235. The third kappa shape index (κ3) is 2.44. The average Bonchev–Trinajstić information content (AvgIpc) is 2.94. The van der Waals surface area contributed by atoms with Crippen LogP contribution in [-0.2, 0) is 0 Å². The van der Waals surface area contributed by atoms with Gasteiger partial charge in [0.2, 0.25) is 5.82 Å². The molecule has 0 bridgehead atoms. The highest BCUT2D eigenvalue weighted by Gasteiger charge is 2.14. The highest BCUT2D eigenvalue weighted by Crippen LogP contribution is 2.28. The first-order chi connectivity index (χ1) is 10.4. The van der Waals surface area contributed by atoms with Gasteiger partial charge in [0.25, 0.3) is 5.89 Å². The molecule has 0 spiro atoms. The molecule has 0 amide bonds. The van der Waals surface area contributed by atoms with Crippen LogP contribution < -0.4 is 0 Å². The Kier molecular flexibility index (Phi) is 2.99. The second-order valence-electron chi connectivity index (χ2n) is 5.40. The first-order valence-electron chi connectivity index (χ1n) is 7.26. The molecule has 0 saturated heterocycles. The van der Waals surface area contributed by atoms with Gasteiger partial charge in [-0.05, 0) is 37.0 Å². The summed E-state index contributed by atoms with van der Waals surface area (Å²) in [5, 5.41) is 5.12. The number of allylic oxidation sites excluding steroid dienone is 1. The number of para-hydroxylation sites is 1. The first kappa shape index (κ1) is 12.3. The third-order valence-electron chi connectivity index (χ3n) is 3.93. The van der Waals surface area contributed by atoms with Crippen molar-refractivity contribution in [2.24, 2.45) is 5.92 Å². The molecular formula is C17H15N3O. The van der Waals surface area contributed by atoms with Gasteiger partial charge in [-0.1, -0.05) is 41.9 Å². The van der Waals surface area contributed by atoms with Crippen molar-refractivity contribution in [3.63, 3.8) is 0 Å². The van der Waals surface area contributed by atoms with Gasteiger partial charge in [0.05, 0.1) is 5.52 Å². The zero-order valence-electron chi connectivity index (χ0n) is 11.6. The maximum atomic E-state index is 5.26. The van der Waals surface area contributed by atoms with E-state index in [0.717, 1.165) is 16.6 Å². The summed E-state index contributed by atoms with van der Waals surface area (Å²) < 4.78 is 5.26.